The van der Waals surface area contributed by atoms with Gasteiger partial charge in [-0.25, -0.2) is 4.98 Å². The van der Waals surface area contributed by atoms with E-state index in [4.69, 9.17) is 14.5 Å². The number of amides is 2. The molecule has 7 nitrogen and oxygen atoms in total. The fourth-order valence-electron chi connectivity index (χ4n) is 5.24. The molecule has 0 bridgehead atoms. The van der Waals surface area contributed by atoms with Crippen molar-refractivity contribution < 1.29 is 19.1 Å². The van der Waals surface area contributed by atoms with Gasteiger partial charge in [-0.3, -0.25) is 9.59 Å². The summed E-state index contributed by atoms with van der Waals surface area (Å²) < 4.78 is 10.9. The van der Waals surface area contributed by atoms with Crippen molar-refractivity contribution in [3.8, 4) is 11.5 Å². The third-order valence-electron chi connectivity index (χ3n) is 6.99. The topological polar surface area (TPSA) is 80.8 Å². The maximum absolute atomic E-state index is 13.4. The normalized spacial score (nSPS) is 17.3. The zero-order valence-electron chi connectivity index (χ0n) is 19.5. The monoisotopic (exact) mass is 469 g/mol. The molecule has 2 aliphatic heterocycles. The molecule has 6 rings (SSSR count). The SMILES string of the molecule is O=C(NCCC(=O)N1CCCC1)c1c2c(nc3ccccc13)/C(=C/c1ccc3c(c1)OCO3)CC2. The Kier molecular flexibility index (Phi) is 5.60. The van der Waals surface area contributed by atoms with Crippen molar-refractivity contribution in [1.82, 2.24) is 15.2 Å². The van der Waals surface area contributed by atoms with E-state index in [0.29, 0.717) is 18.5 Å². The number of likely N-dealkylation sites (tertiary alicyclic amines) is 1. The van der Waals surface area contributed by atoms with E-state index in [1.807, 2.05) is 47.4 Å². The van der Waals surface area contributed by atoms with Gasteiger partial charge in [-0.15, -0.1) is 0 Å². The number of carbonyl (C=O) groups is 2. The molecule has 0 atom stereocenters. The van der Waals surface area contributed by atoms with Gasteiger partial charge < -0.3 is 19.7 Å². The number of nitrogens with one attached hydrogen (secondary N) is 1. The largest absolute Gasteiger partial charge is 0.454 e. The number of ether oxygens (including phenoxy) is 2. The Balaban J connectivity index is 1.29. The lowest BCUT2D eigenvalue weighted by Gasteiger charge is -2.16. The van der Waals surface area contributed by atoms with Gasteiger partial charge in [0.2, 0.25) is 12.7 Å². The summed E-state index contributed by atoms with van der Waals surface area (Å²) in [7, 11) is 0. The molecule has 35 heavy (non-hydrogen) atoms. The molecule has 3 heterocycles. The van der Waals surface area contributed by atoms with Crippen molar-refractivity contribution in [2.75, 3.05) is 26.4 Å². The number of allylic oxidation sites excluding steroid dienone is 1. The van der Waals surface area contributed by atoms with Crippen molar-refractivity contribution in [1.29, 1.82) is 0 Å². The molecule has 1 aromatic heterocycles. The van der Waals surface area contributed by atoms with Crippen molar-refractivity contribution in [3.63, 3.8) is 0 Å². The molecule has 7 heteroatoms. The zero-order chi connectivity index (χ0) is 23.8. The second-order valence-electron chi connectivity index (χ2n) is 9.21. The van der Waals surface area contributed by atoms with Gasteiger partial charge >= 0.3 is 0 Å². The number of hydrogen-bond acceptors (Lipinski definition) is 5. The smallest absolute Gasteiger partial charge is 0.252 e. The van der Waals surface area contributed by atoms with Gasteiger partial charge in [0, 0.05) is 31.4 Å². The van der Waals surface area contributed by atoms with Crippen LogP contribution in [0.4, 0.5) is 0 Å². The van der Waals surface area contributed by atoms with Crippen LogP contribution in [-0.2, 0) is 11.2 Å². The average Bonchev–Trinajstić information content (AvgIpc) is 3.64. The quantitative estimate of drug-likeness (QED) is 0.606. The molecule has 1 fully saturated rings. The van der Waals surface area contributed by atoms with Crippen LogP contribution in [0.2, 0.25) is 0 Å². The molecule has 0 saturated carbocycles. The molecule has 0 radical (unpaired) electrons. The lowest BCUT2D eigenvalue weighted by Crippen LogP contribution is -2.33. The molecule has 1 N–H and O–H groups in total. The van der Waals surface area contributed by atoms with Crippen LogP contribution in [0, 0.1) is 0 Å². The molecular weight excluding hydrogens is 442 g/mol. The standard InChI is InChI=1S/C28H27N3O4/c32-25(31-13-3-4-14-31)11-12-29-28(33)26-20-5-1-2-6-22(20)30-27-19(8-9-21(26)27)15-18-7-10-23-24(16-18)35-17-34-23/h1-2,5-7,10,15-16H,3-4,8-9,11-14,17H2,(H,29,33)/b19-15+. The van der Waals surface area contributed by atoms with E-state index in [2.05, 4.69) is 11.4 Å². The first-order chi connectivity index (χ1) is 17.2. The van der Waals surface area contributed by atoms with Crippen LogP contribution in [0.15, 0.2) is 42.5 Å². The Labute approximate surface area is 203 Å². The summed E-state index contributed by atoms with van der Waals surface area (Å²) >= 11 is 0. The molecule has 0 spiro atoms. The first-order valence-electron chi connectivity index (χ1n) is 12.3. The molecule has 178 valence electrons. The first-order valence-corrected chi connectivity index (χ1v) is 12.3. The fourth-order valence-corrected chi connectivity index (χ4v) is 5.24. The van der Waals surface area contributed by atoms with Gasteiger partial charge in [-0.2, -0.15) is 0 Å². The lowest BCUT2D eigenvalue weighted by molar-refractivity contribution is -0.129. The van der Waals surface area contributed by atoms with Crippen molar-refractivity contribution >= 4 is 34.4 Å². The molecule has 2 aromatic carbocycles. The second kappa shape index (κ2) is 9.06. The van der Waals surface area contributed by atoms with Gasteiger partial charge in [0.1, 0.15) is 0 Å². The molecule has 1 saturated heterocycles. The Morgan fingerprint density at radius 2 is 1.86 bits per heavy atom. The summed E-state index contributed by atoms with van der Waals surface area (Å²) in [6, 6.07) is 13.7. The van der Waals surface area contributed by atoms with Crippen LogP contribution >= 0.6 is 0 Å². The Morgan fingerprint density at radius 3 is 2.74 bits per heavy atom. The van der Waals surface area contributed by atoms with E-state index in [1.165, 1.54) is 0 Å². The van der Waals surface area contributed by atoms with Crippen LogP contribution < -0.4 is 14.8 Å². The Hall–Kier alpha value is -3.87. The maximum atomic E-state index is 13.4. The minimum atomic E-state index is -0.140. The van der Waals surface area contributed by atoms with Crippen LogP contribution in [0.25, 0.3) is 22.6 Å². The predicted molar refractivity (Wildman–Crippen MR) is 133 cm³/mol. The van der Waals surface area contributed by atoms with Crippen molar-refractivity contribution in [3.05, 3.63) is 64.8 Å². The highest BCUT2D eigenvalue weighted by molar-refractivity contribution is 6.09. The van der Waals surface area contributed by atoms with Crippen molar-refractivity contribution in [2.24, 2.45) is 0 Å². The summed E-state index contributed by atoms with van der Waals surface area (Å²) in [5.74, 6) is 1.47. The molecular formula is C28H27N3O4. The van der Waals surface area contributed by atoms with E-state index >= 15 is 0 Å². The molecule has 3 aromatic rings. The Bertz CT molecular complexity index is 1360. The number of nitrogens with zero attached hydrogens (tertiary/aromatic N) is 2. The third-order valence-corrected chi connectivity index (χ3v) is 6.99. The van der Waals surface area contributed by atoms with Gasteiger partial charge in [-0.1, -0.05) is 24.3 Å². The summed E-state index contributed by atoms with van der Waals surface area (Å²) in [6.45, 7) is 2.23. The summed E-state index contributed by atoms with van der Waals surface area (Å²) in [5.41, 5.74) is 5.43. The van der Waals surface area contributed by atoms with E-state index in [1.54, 1.807) is 0 Å². The number of hydrogen-bond donors (Lipinski definition) is 1. The van der Waals surface area contributed by atoms with Gasteiger partial charge in [0.25, 0.3) is 5.91 Å². The van der Waals surface area contributed by atoms with E-state index in [-0.39, 0.29) is 18.6 Å². The lowest BCUT2D eigenvalue weighted by atomic mass is 10.00. The highest BCUT2D eigenvalue weighted by Crippen LogP contribution is 2.39. The number of para-hydroxylation sites is 1. The summed E-state index contributed by atoms with van der Waals surface area (Å²) in [6.07, 6.45) is 6.13. The van der Waals surface area contributed by atoms with Crippen LogP contribution in [0.5, 0.6) is 11.5 Å². The minimum Gasteiger partial charge on any atom is -0.454 e. The van der Waals surface area contributed by atoms with Crippen LogP contribution in [-0.4, -0.2) is 48.1 Å². The second-order valence-corrected chi connectivity index (χ2v) is 9.21. The van der Waals surface area contributed by atoms with E-state index in [0.717, 1.165) is 83.6 Å². The molecule has 1 aliphatic carbocycles. The van der Waals surface area contributed by atoms with Crippen molar-refractivity contribution in [2.45, 2.75) is 32.1 Å². The number of aromatic nitrogens is 1. The van der Waals surface area contributed by atoms with Gasteiger partial charge in [0.15, 0.2) is 11.5 Å². The zero-order valence-corrected chi connectivity index (χ0v) is 19.5. The highest BCUT2D eigenvalue weighted by Gasteiger charge is 2.27. The summed E-state index contributed by atoms with van der Waals surface area (Å²) in [4.78, 5) is 32.6. The number of carbonyl (C=O) groups excluding carboxylic acids is 2. The Morgan fingerprint density at radius 1 is 1.03 bits per heavy atom. The van der Waals surface area contributed by atoms with E-state index in [9.17, 15) is 9.59 Å². The number of benzene rings is 2. The van der Waals surface area contributed by atoms with Gasteiger partial charge in [-0.05, 0) is 66.7 Å². The van der Waals surface area contributed by atoms with E-state index < -0.39 is 0 Å². The number of rotatable bonds is 5. The van der Waals surface area contributed by atoms with Gasteiger partial charge in [0.05, 0.1) is 16.8 Å². The predicted octanol–water partition coefficient (Wildman–Crippen LogP) is 4.19. The maximum Gasteiger partial charge on any atom is 0.252 e. The average molecular weight is 470 g/mol. The fraction of sp³-hybridized carbons (Fsp3) is 0.321. The van der Waals surface area contributed by atoms with Crippen LogP contribution in [0.3, 0.4) is 0 Å². The number of pyridine rings is 1. The first kappa shape index (κ1) is 21.6. The molecule has 0 unspecified atom stereocenters. The number of fused-ring (bicyclic) bond motifs is 3. The molecule has 3 aliphatic rings. The summed E-state index contributed by atoms with van der Waals surface area (Å²) in [5, 5.41) is 3.85. The highest BCUT2D eigenvalue weighted by atomic mass is 16.7. The molecule has 2 amide bonds. The minimum absolute atomic E-state index is 0.113. The van der Waals surface area contributed by atoms with Crippen LogP contribution in [0.1, 0.15) is 52.9 Å². The third kappa shape index (κ3) is 4.11.